The molecule has 2 N–H and O–H groups in total. The number of likely N-dealkylation sites (tertiary alicyclic amines) is 1. The molecule has 1 heterocycles. The van der Waals surface area contributed by atoms with Gasteiger partial charge in [-0.05, 0) is 36.6 Å². The lowest BCUT2D eigenvalue weighted by molar-refractivity contribution is -0.139. The minimum atomic E-state index is -0.206. The van der Waals surface area contributed by atoms with Crippen LogP contribution in [-0.4, -0.2) is 40.8 Å². The molecule has 3 amide bonds. The van der Waals surface area contributed by atoms with E-state index in [0.29, 0.717) is 32.4 Å². The van der Waals surface area contributed by atoms with Gasteiger partial charge in [-0.15, -0.1) is 0 Å². The number of carbonyl (C=O) groups is 3. The highest BCUT2D eigenvalue weighted by molar-refractivity contribution is 6.03. The van der Waals surface area contributed by atoms with Crippen molar-refractivity contribution in [3.8, 4) is 5.75 Å². The third-order valence-corrected chi connectivity index (χ3v) is 3.90. The Morgan fingerprint density at radius 1 is 1.29 bits per heavy atom. The molecule has 6 heteroatoms. The van der Waals surface area contributed by atoms with Crippen LogP contribution in [0.4, 0.5) is 0 Å². The number of carbonyl (C=O) groups excluding carboxylic acids is 3. The van der Waals surface area contributed by atoms with Gasteiger partial charge in [0.25, 0.3) is 0 Å². The average molecular weight is 330 g/mol. The van der Waals surface area contributed by atoms with Gasteiger partial charge in [0.05, 0.1) is 0 Å². The van der Waals surface area contributed by atoms with Crippen molar-refractivity contribution in [2.75, 3.05) is 13.1 Å². The highest BCUT2D eigenvalue weighted by atomic mass is 16.3. The van der Waals surface area contributed by atoms with Crippen molar-refractivity contribution >= 4 is 23.8 Å². The fourth-order valence-corrected chi connectivity index (χ4v) is 2.51. The van der Waals surface area contributed by atoms with Crippen LogP contribution in [0.25, 0.3) is 6.08 Å². The predicted octanol–water partition coefficient (Wildman–Crippen LogP) is 1.70. The Balaban J connectivity index is 1.63. The van der Waals surface area contributed by atoms with E-state index in [1.807, 2.05) is 0 Å². The van der Waals surface area contributed by atoms with Gasteiger partial charge in [-0.2, -0.15) is 0 Å². The Bertz CT molecular complexity index is 637. The smallest absolute Gasteiger partial charge is 0.243 e. The minimum absolute atomic E-state index is 0.0964. The molecule has 6 nitrogen and oxygen atoms in total. The Morgan fingerprint density at radius 3 is 2.62 bits per heavy atom. The van der Waals surface area contributed by atoms with Crippen LogP contribution >= 0.6 is 0 Å². The van der Waals surface area contributed by atoms with Crippen molar-refractivity contribution in [2.24, 2.45) is 5.92 Å². The van der Waals surface area contributed by atoms with Crippen LogP contribution in [0.5, 0.6) is 5.75 Å². The molecule has 0 bridgehead atoms. The van der Waals surface area contributed by atoms with E-state index in [1.165, 1.54) is 11.0 Å². The molecular weight excluding hydrogens is 308 g/mol. The zero-order valence-electron chi connectivity index (χ0n) is 13.7. The Kier molecular flexibility index (Phi) is 6.12. The van der Waals surface area contributed by atoms with Gasteiger partial charge in [0, 0.05) is 31.5 Å². The van der Waals surface area contributed by atoms with Gasteiger partial charge in [-0.25, -0.2) is 0 Å². The van der Waals surface area contributed by atoms with Gasteiger partial charge in [-0.1, -0.05) is 19.1 Å². The van der Waals surface area contributed by atoms with Crippen LogP contribution in [0.1, 0.15) is 31.7 Å². The molecule has 1 aliphatic heterocycles. The first kappa shape index (κ1) is 17.7. The first-order valence-corrected chi connectivity index (χ1v) is 8.06. The predicted molar refractivity (Wildman–Crippen MR) is 89.9 cm³/mol. The van der Waals surface area contributed by atoms with E-state index >= 15 is 0 Å². The summed E-state index contributed by atoms with van der Waals surface area (Å²) < 4.78 is 0. The molecule has 2 rings (SSSR count). The Labute approximate surface area is 141 Å². The number of hydrogen-bond acceptors (Lipinski definition) is 4. The van der Waals surface area contributed by atoms with Crippen molar-refractivity contribution in [1.29, 1.82) is 0 Å². The summed E-state index contributed by atoms with van der Waals surface area (Å²) in [4.78, 5) is 36.4. The fraction of sp³-hybridized carbons (Fsp3) is 0.389. The minimum Gasteiger partial charge on any atom is -0.508 e. The molecule has 128 valence electrons. The van der Waals surface area contributed by atoms with Crippen LogP contribution in [0.2, 0.25) is 0 Å². The maximum atomic E-state index is 11.7. The number of rotatable bonds is 7. The number of phenols is 1. The summed E-state index contributed by atoms with van der Waals surface area (Å²) in [5.74, 6) is -0.428. The summed E-state index contributed by atoms with van der Waals surface area (Å²) in [5, 5.41) is 11.9. The van der Waals surface area contributed by atoms with E-state index in [-0.39, 0.29) is 29.4 Å². The van der Waals surface area contributed by atoms with E-state index < -0.39 is 0 Å². The first-order chi connectivity index (χ1) is 11.5. The molecule has 0 aliphatic carbocycles. The third kappa shape index (κ3) is 4.94. The summed E-state index contributed by atoms with van der Waals surface area (Å²) in [6, 6.07) is 6.53. The molecule has 1 aromatic carbocycles. The third-order valence-electron chi connectivity index (χ3n) is 3.90. The van der Waals surface area contributed by atoms with Gasteiger partial charge < -0.3 is 10.4 Å². The van der Waals surface area contributed by atoms with Gasteiger partial charge in [0.2, 0.25) is 17.7 Å². The second-order valence-corrected chi connectivity index (χ2v) is 5.91. The molecule has 1 aliphatic rings. The molecule has 1 atom stereocenters. The van der Waals surface area contributed by atoms with Crippen molar-refractivity contribution in [3.63, 3.8) is 0 Å². The Morgan fingerprint density at radius 2 is 2.00 bits per heavy atom. The first-order valence-electron chi connectivity index (χ1n) is 8.06. The normalized spacial score (nSPS) is 17.7. The topological polar surface area (TPSA) is 86.7 Å². The molecule has 0 radical (unpaired) electrons. The average Bonchev–Trinajstić information content (AvgIpc) is 2.80. The second-order valence-electron chi connectivity index (χ2n) is 5.91. The van der Waals surface area contributed by atoms with Gasteiger partial charge >= 0.3 is 0 Å². The zero-order valence-corrected chi connectivity index (χ0v) is 13.7. The lowest BCUT2D eigenvalue weighted by Crippen LogP contribution is -2.32. The van der Waals surface area contributed by atoms with E-state index in [4.69, 9.17) is 0 Å². The highest BCUT2D eigenvalue weighted by Gasteiger charge is 2.34. The van der Waals surface area contributed by atoms with Crippen molar-refractivity contribution in [1.82, 2.24) is 10.2 Å². The number of nitrogens with zero attached hydrogens (tertiary/aromatic N) is 1. The number of unbranched alkanes of at least 4 members (excludes halogenated alkanes) is 1. The molecular formula is C18H22N2O4. The number of hydrogen-bond donors (Lipinski definition) is 2. The second kappa shape index (κ2) is 8.29. The molecule has 1 unspecified atom stereocenters. The molecule has 1 aromatic rings. The van der Waals surface area contributed by atoms with Crippen LogP contribution < -0.4 is 5.32 Å². The lowest BCUT2D eigenvalue weighted by atomic mass is 10.1. The SMILES string of the molecule is CC1CC(=O)N(CCCCNC(=O)/C=C/c2ccc(O)cc2)C1=O. The van der Waals surface area contributed by atoms with Gasteiger partial charge in [-0.3, -0.25) is 19.3 Å². The van der Waals surface area contributed by atoms with E-state index in [1.54, 1.807) is 37.3 Å². The number of aromatic hydroxyl groups is 1. The largest absolute Gasteiger partial charge is 0.508 e. The molecule has 1 fully saturated rings. The standard InChI is InChI=1S/C18H22N2O4/c1-13-12-17(23)20(18(13)24)11-3-2-10-19-16(22)9-6-14-4-7-15(21)8-5-14/h4-9,13,21H,2-3,10-12H2,1H3,(H,19,22)/b9-6+. The highest BCUT2D eigenvalue weighted by Crippen LogP contribution is 2.18. The number of nitrogens with one attached hydrogen (secondary N) is 1. The molecule has 1 saturated heterocycles. The fourth-order valence-electron chi connectivity index (χ4n) is 2.51. The van der Waals surface area contributed by atoms with Crippen LogP contribution in [0.15, 0.2) is 30.3 Å². The van der Waals surface area contributed by atoms with Crippen LogP contribution in [-0.2, 0) is 14.4 Å². The lowest BCUT2D eigenvalue weighted by Gasteiger charge is -2.13. The van der Waals surface area contributed by atoms with Crippen molar-refractivity contribution in [3.05, 3.63) is 35.9 Å². The maximum absolute atomic E-state index is 11.7. The quantitative estimate of drug-likeness (QED) is 0.452. The van der Waals surface area contributed by atoms with Crippen molar-refractivity contribution in [2.45, 2.75) is 26.2 Å². The summed E-state index contributed by atoms with van der Waals surface area (Å²) in [6.07, 6.45) is 4.77. The maximum Gasteiger partial charge on any atom is 0.243 e. The number of benzene rings is 1. The summed E-state index contributed by atoms with van der Waals surface area (Å²) >= 11 is 0. The Hall–Kier alpha value is -2.63. The number of amides is 3. The van der Waals surface area contributed by atoms with Crippen LogP contribution in [0, 0.1) is 5.92 Å². The van der Waals surface area contributed by atoms with E-state index in [2.05, 4.69) is 5.32 Å². The molecule has 0 saturated carbocycles. The summed E-state index contributed by atoms with van der Waals surface area (Å²) in [5.41, 5.74) is 0.822. The molecule has 0 spiro atoms. The van der Waals surface area contributed by atoms with E-state index in [9.17, 15) is 19.5 Å². The number of phenolic OH excluding ortho intramolecular Hbond substituents is 1. The molecule has 24 heavy (non-hydrogen) atoms. The van der Waals surface area contributed by atoms with Crippen LogP contribution in [0.3, 0.4) is 0 Å². The number of imide groups is 1. The van der Waals surface area contributed by atoms with Gasteiger partial charge in [0.1, 0.15) is 5.75 Å². The summed E-state index contributed by atoms with van der Waals surface area (Å²) in [6.45, 7) is 2.67. The van der Waals surface area contributed by atoms with Crippen molar-refractivity contribution < 1.29 is 19.5 Å². The summed E-state index contributed by atoms with van der Waals surface area (Å²) in [7, 11) is 0. The molecule has 0 aromatic heterocycles. The van der Waals surface area contributed by atoms with E-state index in [0.717, 1.165) is 5.56 Å². The van der Waals surface area contributed by atoms with Gasteiger partial charge in [0.15, 0.2) is 0 Å². The zero-order chi connectivity index (χ0) is 17.5. The monoisotopic (exact) mass is 330 g/mol.